The summed E-state index contributed by atoms with van der Waals surface area (Å²) in [6.07, 6.45) is 15.5. The van der Waals surface area contributed by atoms with Gasteiger partial charge in [0.05, 0.1) is 5.92 Å². The molecule has 5 atom stereocenters. The van der Waals surface area contributed by atoms with Crippen LogP contribution in [0.15, 0.2) is 0 Å². The summed E-state index contributed by atoms with van der Waals surface area (Å²) in [6.45, 7) is 7.09. The third kappa shape index (κ3) is 3.24. The molecule has 0 heterocycles. The molecule has 0 amide bonds. The second-order valence-corrected chi connectivity index (χ2v) is 10.5. The van der Waals surface area contributed by atoms with Gasteiger partial charge in [0.1, 0.15) is 5.60 Å². The number of hydrogen-bond donors (Lipinski definition) is 0. The molecular formula is C24H40O2. The Morgan fingerprint density at radius 2 is 1.35 bits per heavy atom. The van der Waals surface area contributed by atoms with Crippen molar-refractivity contribution in [1.29, 1.82) is 0 Å². The molecule has 0 aromatic carbocycles. The van der Waals surface area contributed by atoms with Gasteiger partial charge in [-0.15, -0.1) is 0 Å². The van der Waals surface area contributed by atoms with Crippen LogP contribution >= 0.6 is 0 Å². The third-order valence-corrected chi connectivity index (χ3v) is 9.35. The largest absolute Gasteiger partial charge is 0.459 e. The number of hydrogen-bond acceptors (Lipinski definition) is 2. The molecule has 4 aliphatic rings. The van der Waals surface area contributed by atoms with Crippen LogP contribution in [0.4, 0.5) is 0 Å². The fourth-order valence-corrected chi connectivity index (χ4v) is 7.36. The van der Waals surface area contributed by atoms with Gasteiger partial charge in [-0.3, -0.25) is 4.79 Å². The van der Waals surface area contributed by atoms with E-state index in [0.29, 0.717) is 23.7 Å². The Kier molecular flexibility index (Phi) is 5.41. The van der Waals surface area contributed by atoms with Crippen LogP contribution in [0.1, 0.15) is 97.8 Å². The number of carbonyl (C=O) groups is 1. The first-order valence-corrected chi connectivity index (χ1v) is 11.7. The molecule has 4 rings (SSSR count). The predicted molar refractivity (Wildman–Crippen MR) is 106 cm³/mol. The Hall–Kier alpha value is -0.530. The molecule has 4 saturated carbocycles. The van der Waals surface area contributed by atoms with Gasteiger partial charge < -0.3 is 4.74 Å². The highest BCUT2D eigenvalue weighted by molar-refractivity contribution is 5.74. The molecule has 0 saturated heterocycles. The van der Waals surface area contributed by atoms with Gasteiger partial charge >= 0.3 is 5.97 Å². The van der Waals surface area contributed by atoms with Crippen molar-refractivity contribution >= 4 is 5.97 Å². The Morgan fingerprint density at radius 1 is 0.808 bits per heavy atom. The smallest absolute Gasteiger partial charge is 0.309 e. The first-order valence-electron chi connectivity index (χ1n) is 11.7. The van der Waals surface area contributed by atoms with Crippen molar-refractivity contribution in [3.8, 4) is 0 Å². The molecule has 5 unspecified atom stereocenters. The lowest BCUT2D eigenvalue weighted by Crippen LogP contribution is -2.49. The van der Waals surface area contributed by atoms with Crippen LogP contribution in [0.25, 0.3) is 0 Å². The van der Waals surface area contributed by atoms with Crippen molar-refractivity contribution in [1.82, 2.24) is 0 Å². The monoisotopic (exact) mass is 360 g/mol. The molecular weight excluding hydrogens is 320 g/mol. The maximum atomic E-state index is 13.4. The van der Waals surface area contributed by atoms with Gasteiger partial charge in [-0.25, -0.2) is 0 Å². The average Bonchev–Trinajstić information content (AvgIpc) is 3.23. The molecule has 0 aliphatic heterocycles. The molecule has 2 bridgehead atoms. The van der Waals surface area contributed by atoms with Gasteiger partial charge in [-0.2, -0.15) is 0 Å². The van der Waals surface area contributed by atoms with Crippen molar-refractivity contribution < 1.29 is 9.53 Å². The molecule has 0 radical (unpaired) electrons. The van der Waals surface area contributed by atoms with Gasteiger partial charge in [-0.05, 0) is 81.0 Å². The van der Waals surface area contributed by atoms with Crippen molar-refractivity contribution in [2.45, 2.75) is 103 Å². The van der Waals surface area contributed by atoms with Crippen LogP contribution in [0.2, 0.25) is 0 Å². The van der Waals surface area contributed by atoms with E-state index < -0.39 is 0 Å². The van der Waals surface area contributed by atoms with Crippen molar-refractivity contribution in [3.63, 3.8) is 0 Å². The summed E-state index contributed by atoms with van der Waals surface area (Å²) >= 11 is 0. The lowest BCUT2D eigenvalue weighted by molar-refractivity contribution is -0.184. The number of fused-ring (bicyclic) bond motifs is 2. The standard InChI is InChI=1S/C24H40O2/c1-16-17(2)21-14-18(16)15-22(21)23(25)26-24(3,19-10-6-4-7-11-19)20-12-8-5-9-13-20/h16-22H,4-15H2,1-3H3. The van der Waals surface area contributed by atoms with E-state index >= 15 is 0 Å². The highest BCUT2D eigenvalue weighted by Gasteiger charge is 2.54. The van der Waals surface area contributed by atoms with E-state index in [4.69, 9.17) is 4.74 Å². The minimum absolute atomic E-state index is 0.176. The molecule has 0 aromatic rings. The van der Waals surface area contributed by atoms with Crippen LogP contribution in [-0.4, -0.2) is 11.6 Å². The SMILES string of the molecule is CC1C2CC(C(=O)OC(C)(C3CCCCC3)C3CCCCC3)C(C2)C1C. The van der Waals surface area contributed by atoms with Crippen LogP contribution in [0, 0.1) is 41.4 Å². The Morgan fingerprint density at radius 3 is 1.81 bits per heavy atom. The van der Waals surface area contributed by atoms with E-state index in [1.54, 1.807) is 0 Å². The average molecular weight is 361 g/mol. The first kappa shape index (κ1) is 18.8. The summed E-state index contributed by atoms with van der Waals surface area (Å²) < 4.78 is 6.60. The Bertz CT molecular complexity index is 480. The van der Waals surface area contributed by atoms with Gasteiger partial charge in [0.25, 0.3) is 0 Å². The molecule has 0 N–H and O–H groups in total. The fraction of sp³-hybridized carbons (Fsp3) is 0.958. The number of esters is 1. The van der Waals surface area contributed by atoms with Gasteiger partial charge in [-0.1, -0.05) is 52.4 Å². The van der Waals surface area contributed by atoms with Gasteiger partial charge in [0, 0.05) is 0 Å². The summed E-state index contributed by atoms with van der Waals surface area (Å²) in [7, 11) is 0. The molecule has 2 heteroatoms. The van der Waals surface area contributed by atoms with Crippen LogP contribution in [0.3, 0.4) is 0 Å². The van der Waals surface area contributed by atoms with Crippen LogP contribution < -0.4 is 0 Å². The minimum Gasteiger partial charge on any atom is -0.459 e. The van der Waals surface area contributed by atoms with Crippen LogP contribution in [-0.2, 0) is 9.53 Å². The number of carbonyl (C=O) groups excluding carboxylic acids is 1. The summed E-state index contributed by atoms with van der Waals surface area (Å²) in [5, 5.41) is 0. The van der Waals surface area contributed by atoms with Gasteiger partial charge in [0.15, 0.2) is 0 Å². The van der Waals surface area contributed by atoms with Crippen molar-refractivity contribution in [2.24, 2.45) is 41.4 Å². The van der Waals surface area contributed by atoms with E-state index in [-0.39, 0.29) is 17.5 Å². The Labute approximate surface area is 160 Å². The lowest BCUT2D eigenvalue weighted by atomic mass is 9.67. The lowest BCUT2D eigenvalue weighted by Gasteiger charge is -2.47. The summed E-state index contributed by atoms with van der Waals surface area (Å²) in [5.41, 5.74) is -0.200. The highest BCUT2D eigenvalue weighted by atomic mass is 16.6. The van der Waals surface area contributed by atoms with E-state index in [0.717, 1.165) is 18.3 Å². The summed E-state index contributed by atoms with van der Waals surface area (Å²) in [6, 6.07) is 0. The van der Waals surface area contributed by atoms with E-state index in [9.17, 15) is 4.79 Å². The molecule has 148 valence electrons. The van der Waals surface area contributed by atoms with E-state index in [2.05, 4.69) is 20.8 Å². The molecule has 2 nitrogen and oxygen atoms in total. The minimum atomic E-state index is -0.200. The molecule has 0 aromatic heterocycles. The second-order valence-electron chi connectivity index (χ2n) is 10.5. The number of ether oxygens (including phenoxy) is 1. The Balaban J connectivity index is 1.50. The maximum absolute atomic E-state index is 13.4. The molecule has 4 fully saturated rings. The first-order chi connectivity index (χ1) is 12.5. The third-order valence-electron chi connectivity index (χ3n) is 9.35. The second kappa shape index (κ2) is 7.47. The van der Waals surface area contributed by atoms with E-state index in [1.807, 2.05) is 0 Å². The quantitative estimate of drug-likeness (QED) is 0.544. The molecule has 0 spiro atoms. The van der Waals surface area contributed by atoms with Gasteiger partial charge in [0.2, 0.25) is 0 Å². The topological polar surface area (TPSA) is 26.3 Å². The maximum Gasteiger partial charge on any atom is 0.309 e. The zero-order valence-corrected chi connectivity index (χ0v) is 17.3. The zero-order chi connectivity index (χ0) is 18.3. The molecule has 26 heavy (non-hydrogen) atoms. The van der Waals surface area contributed by atoms with Crippen molar-refractivity contribution in [2.75, 3.05) is 0 Å². The van der Waals surface area contributed by atoms with Crippen molar-refractivity contribution in [3.05, 3.63) is 0 Å². The summed E-state index contributed by atoms with van der Waals surface area (Å²) in [5.74, 6) is 4.41. The van der Waals surface area contributed by atoms with E-state index in [1.165, 1.54) is 70.6 Å². The van der Waals surface area contributed by atoms with Crippen LogP contribution in [0.5, 0.6) is 0 Å². The highest BCUT2D eigenvalue weighted by Crippen LogP contribution is 2.56. The normalized spacial score (nSPS) is 39.3. The predicted octanol–water partition coefficient (Wildman–Crippen LogP) is 6.38. The zero-order valence-electron chi connectivity index (χ0n) is 17.3. The number of rotatable bonds is 4. The fourth-order valence-electron chi connectivity index (χ4n) is 7.36. The molecule has 4 aliphatic carbocycles. The summed E-state index contributed by atoms with van der Waals surface area (Å²) in [4.78, 5) is 13.4.